The number of nitrogens with one attached hydrogen (secondary N) is 1. The SMILES string of the molecule is Cc1c(Cc2ccccc2)c(=O)oc2cc(OCC(=O)Nc3cccnc3)ccc12. The fourth-order valence-electron chi connectivity index (χ4n) is 3.25. The Morgan fingerprint density at radius 1 is 1.10 bits per heavy atom. The fraction of sp³-hybridized carbons (Fsp3) is 0.125. The van der Waals surface area contributed by atoms with Gasteiger partial charge in [-0.3, -0.25) is 9.78 Å². The molecule has 0 bridgehead atoms. The summed E-state index contributed by atoms with van der Waals surface area (Å²) in [7, 11) is 0. The zero-order valence-electron chi connectivity index (χ0n) is 16.4. The van der Waals surface area contributed by atoms with Crippen molar-refractivity contribution in [2.24, 2.45) is 0 Å². The first kappa shape index (κ1) is 19.4. The van der Waals surface area contributed by atoms with E-state index in [1.54, 1.807) is 36.7 Å². The maximum atomic E-state index is 12.6. The van der Waals surface area contributed by atoms with Gasteiger partial charge in [-0.05, 0) is 42.3 Å². The highest BCUT2D eigenvalue weighted by Gasteiger charge is 2.13. The third kappa shape index (κ3) is 4.38. The van der Waals surface area contributed by atoms with Crippen LogP contribution in [0.2, 0.25) is 0 Å². The maximum Gasteiger partial charge on any atom is 0.340 e. The number of aromatic nitrogens is 1. The van der Waals surface area contributed by atoms with Crippen LogP contribution in [0.1, 0.15) is 16.7 Å². The van der Waals surface area contributed by atoms with Crippen LogP contribution in [0.25, 0.3) is 11.0 Å². The third-order valence-electron chi connectivity index (χ3n) is 4.80. The van der Waals surface area contributed by atoms with E-state index in [2.05, 4.69) is 10.3 Å². The first-order valence-corrected chi connectivity index (χ1v) is 9.53. The van der Waals surface area contributed by atoms with E-state index in [0.717, 1.165) is 16.5 Å². The zero-order valence-corrected chi connectivity index (χ0v) is 16.4. The maximum absolute atomic E-state index is 12.6. The molecule has 0 saturated carbocycles. The Balaban J connectivity index is 1.51. The van der Waals surface area contributed by atoms with Gasteiger partial charge in [-0.25, -0.2) is 4.79 Å². The lowest BCUT2D eigenvalue weighted by molar-refractivity contribution is -0.118. The van der Waals surface area contributed by atoms with E-state index in [-0.39, 0.29) is 18.1 Å². The monoisotopic (exact) mass is 400 g/mol. The zero-order chi connectivity index (χ0) is 20.9. The highest BCUT2D eigenvalue weighted by molar-refractivity contribution is 5.91. The lowest BCUT2D eigenvalue weighted by Gasteiger charge is -2.10. The number of pyridine rings is 1. The topological polar surface area (TPSA) is 81.4 Å². The molecule has 0 aliphatic rings. The normalized spacial score (nSPS) is 10.7. The minimum Gasteiger partial charge on any atom is -0.484 e. The number of hydrogen-bond acceptors (Lipinski definition) is 5. The van der Waals surface area contributed by atoms with Crippen molar-refractivity contribution >= 4 is 22.6 Å². The molecule has 2 aromatic carbocycles. The molecule has 1 amide bonds. The van der Waals surface area contributed by atoms with Gasteiger partial charge in [-0.1, -0.05) is 30.3 Å². The van der Waals surface area contributed by atoms with Gasteiger partial charge in [0.25, 0.3) is 5.91 Å². The van der Waals surface area contributed by atoms with Crippen LogP contribution in [-0.2, 0) is 11.2 Å². The summed E-state index contributed by atoms with van der Waals surface area (Å²) < 4.78 is 11.1. The van der Waals surface area contributed by atoms with Crippen LogP contribution in [0.15, 0.2) is 82.3 Å². The van der Waals surface area contributed by atoms with Gasteiger partial charge < -0.3 is 14.5 Å². The Kier molecular flexibility index (Phi) is 5.57. The van der Waals surface area contributed by atoms with Gasteiger partial charge in [0.05, 0.1) is 11.9 Å². The van der Waals surface area contributed by atoms with E-state index in [9.17, 15) is 9.59 Å². The molecule has 6 nitrogen and oxygen atoms in total. The van der Waals surface area contributed by atoms with Gasteiger partial charge in [-0.15, -0.1) is 0 Å². The quantitative estimate of drug-likeness (QED) is 0.493. The molecular formula is C24H20N2O4. The highest BCUT2D eigenvalue weighted by Crippen LogP contribution is 2.25. The van der Waals surface area contributed by atoms with Gasteiger partial charge in [0.15, 0.2) is 6.61 Å². The predicted molar refractivity (Wildman–Crippen MR) is 115 cm³/mol. The molecule has 30 heavy (non-hydrogen) atoms. The number of fused-ring (bicyclic) bond motifs is 1. The third-order valence-corrected chi connectivity index (χ3v) is 4.80. The molecule has 0 radical (unpaired) electrons. The number of anilines is 1. The number of hydrogen-bond donors (Lipinski definition) is 1. The number of carbonyl (C=O) groups excluding carboxylic acids is 1. The minimum absolute atomic E-state index is 0.171. The molecule has 0 unspecified atom stereocenters. The molecule has 0 atom stereocenters. The number of ether oxygens (including phenoxy) is 1. The van der Waals surface area contributed by atoms with Crippen molar-refractivity contribution in [3.8, 4) is 5.75 Å². The van der Waals surface area contributed by atoms with E-state index in [1.807, 2.05) is 43.3 Å². The van der Waals surface area contributed by atoms with Crippen LogP contribution in [0.3, 0.4) is 0 Å². The van der Waals surface area contributed by atoms with Crippen molar-refractivity contribution < 1.29 is 13.9 Å². The number of amides is 1. The van der Waals surface area contributed by atoms with Crippen molar-refractivity contribution in [1.82, 2.24) is 4.98 Å². The van der Waals surface area contributed by atoms with Crippen molar-refractivity contribution in [1.29, 1.82) is 0 Å². The van der Waals surface area contributed by atoms with Crippen LogP contribution in [0.5, 0.6) is 5.75 Å². The van der Waals surface area contributed by atoms with E-state index in [1.165, 1.54) is 0 Å². The van der Waals surface area contributed by atoms with Crippen molar-refractivity contribution in [2.75, 3.05) is 11.9 Å². The molecule has 0 aliphatic heterocycles. The first-order valence-electron chi connectivity index (χ1n) is 9.53. The van der Waals surface area contributed by atoms with Gasteiger partial charge in [-0.2, -0.15) is 0 Å². The Hall–Kier alpha value is -3.93. The second-order valence-electron chi connectivity index (χ2n) is 6.89. The highest BCUT2D eigenvalue weighted by atomic mass is 16.5. The van der Waals surface area contributed by atoms with E-state index >= 15 is 0 Å². The minimum atomic E-state index is -0.365. The molecule has 0 spiro atoms. The number of nitrogens with zero attached hydrogens (tertiary/aromatic N) is 1. The Labute approximate surface area is 173 Å². The summed E-state index contributed by atoms with van der Waals surface area (Å²) in [4.78, 5) is 28.5. The van der Waals surface area contributed by atoms with Gasteiger partial charge in [0.1, 0.15) is 11.3 Å². The molecular weight excluding hydrogens is 380 g/mol. The van der Waals surface area contributed by atoms with Crippen LogP contribution >= 0.6 is 0 Å². The number of rotatable bonds is 6. The van der Waals surface area contributed by atoms with Crippen molar-refractivity contribution in [2.45, 2.75) is 13.3 Å². The predicted octanol–water partition coefficient (Wildman–Crippen LogP) is 4.10. The molecule has 6 heteroatoms. The summed E-state index contributed by atoms with van der Waals surface area (Å²) >= 11 is 0. The molecule has 4 rings (SSSR count). The summed E-state index contributed by atoms with van der Waals surface area (Å²) in [6.07, 6.45) is 3.69. The fourth-order valence-corrected chi connectivity index (χ4v) is 3.25. The smallest absolute Gasteiger partial charge is 0.340 e. The van der Waals surface area contributed by atoms with Crippen LogP contribution < -0.4 is 15.7 Å². The summed E-state index contributed by atoms with van der Waals surface area (Å²) in [6.45, 7) is 1.75. The van der Waals surface area contributed by atoms with E-state index in [4.69, 9.17) is 9.15 Å². The average molecular weight is 400 g/mol. The first-order chi connectivity index (χ1) is 14.6. The standard InChI is InChI=1S/C24H20N2O4/c1-16-20-10-9-19(29-15-23(27)26-18-8-5-11-25-14-18)13-22(20)30-24(28)21(16)12-17-6-3-2-4-7-17/h2-11,13-14H,12,15H2,1H3,(H,26,27). The molecule has 0 aliphatic carbocycles. The number of aryl methyl sites for hydroxylation is 1. The van der Waals surface area contributed by atoms with Gasteiger partial charge in [0.2, 0.25) is 0 Å². The Bertz CT molecular complexity index is 1230. The molecule has 4 aromatic rings. The summed E-state index contributed by atoms with van der Waals surface area (Å²) in [5.74, 6) is 0.140. The second kappa shape index (κ2) is 8.61. The molecule has 2 aromatic heterocycles. The number of carbonyl (C=O) groups is 1. The molecule has 1 N–H and O–H groups in total. The van der Waals surface area contributed by atoms with Crippen LogP contribution in [0, 0.1) is 6.92 Å². The molecule has 150 valence electrons. The van der Waals surface area contributed by atoms with E-state index < -0.39 is 0 Å². The lowest BCUT2D eigenvalue weighted by atomic mass is 10.00. The summed E-state index contributed by atoms with van der Waals surface area (Å²) in [5, 5.41) is 3.54. The summed E-state index contributed by atoms with van der Waals surface area (Å²) in [6, 6.07) is 18.5. The van der Waals surface area contributed by atoms with Crippen molar-refractivity contribution in [3.05, 3.63) is 100 Å². The molecule has 0 saturated heterocycles. The lowest BCUT2D eigenvalue weighted by Crippen LogP contribution is -2.20. The van der Waals surface area contributed by atoms with Gasteiger partial charge in [0, 0.05) is 29.6 Å². The number of benzene rings is 2. The Morgan fingerprint density at radius 2 is 1.93 bits per heavy atom. The second-order valence-corrected chi connectivity index (χ2v) is 6.89. The summed E-state index contributed by atoms with van der Waals surface area (Å²) in [5.41, 5.74) is 3.23. The Morgan fingerprint density at radius 3 is 2.70 bits per heavy atom. The van der Waals surface area contributed by atoms with Crippen molar-refractivity contribution in [3.63, 3.8) is 0 Å². The average Bonchev–Trinajstić information content (AvgIpc) is 2.76. The van der Waals surface area contributed by atoms with Crippen LogP contribution in [-0.4, -0.2) is 17.5 Å². The van der Waals surface area contributed by atoms with Crippen LogP contribution in [0.4, 0.5) is 5.69 Å². The largest absolute Gasteiger partial charge is 0.484 e. The molecule has 2 heterocycles. The molecule has 0 fully saturated rings. The van der Waals surface area contributed by atoms with Gasteiger partial charge >= 0.3 is 5.63 Å². The van der Waals surface area contributed by atoms with E-state index in [0.29, 0.717) is 29.0 Å².